The second-order valence-corrected chi connectivity index (χ2v) is 8.41. The predicted octanol–water partition coefficient (Wildman–Crippen LogP) is 2.40. The lowest BCUT2D eigenvalue weighted by Crippen LogP contribution is -2.50. The maximum Gasteiger partial charge on any atom is 0.257 e. The molecule has 2 aromatic rings. The fourth-order valence-electron chi connectivity index (χ4n) is 4.42. The van der Waals surface area contributed by atoms with E-state index in [4.69, 9.17) is 9.47 Å². The number of piperazine rings is 1. The number of hydrazone groups is 1. The summed E-state index contributed by atoms with van der Waals surface area (Å²) in [5, 5.41) is 6.20. The van der Waals surface area contributed by atoms with Crippen LogP contribution in [0.1, 0.15) is 30.5 Å². The number of carbonyl (C=O) groups excluding carboxylic acids is 2. The summed E-state index contributed by atoms with van der Waals surface area (Å²) >= 11 is 0. The van der Waals surface area contributed by atoms with E-state index in [2.05, 4.69) is 5.10 Å². The van der Waals surface area contributed by atoms with Crippen molar-refractivity contribution in [1.29, 1.82) is 0 Å². The minimum Gasteiger partial charge on any atom is -0.454 e. The zero-order valence-electron chi connectivity index (χ0n) is 18.4. The number of carbonyl (C=O) groups is 2. The molecule has 9 heteroatoms. The molecule has 2 aromatic carbocycles. The Morgan fingerprint density at radius 1 is 1.03 bits per heavy atom. The highest BCUT2D eigenvalue weighted by atomic mass is 19.1. The molecule has 1 fully saturated rings. The maximum absolute atomic E-state index is 13.4. The van der Waals surface area contributed by atoms with E-state index < -0.39 is 0 Å². The van der Waals surface area contributed by atoms with Gasteiger partial charge < -0.3 is 14.4 Å². The Hall–Kier alpha value is -3.46. The van der Waals surface area contributed by atoms with Crippen LogP contribution in [-0.4, -0.2) is 71.9 Å². The highest BCUT2D eigenvalue weighted by molar-refractivity contribution is 6.03. The van der Waals surface area contributed by atoms with Gasteiger partial charge in [-0.25, -0.2) is 9.40 Å². The van der Waals surface area contributed by atoms with E-state index in [-0.39, 0.29) is 37.0 Å². The van der Waals surface area contributed by atoms with Gasteiger partial charge in [0.15, 0.2) is 11.5 Å². The van der Waals surface area contributed by atoms with Crippen molar-refractivity contribution in [3.8, 4) is 11.5 Å². The molecule has 3 heterocycles. The molecular weight excluding hydrogens is 427 g/mol. The van der Waals surface area contributed by atoms with E-state index in [1.165, 1.54) is 17.1 Å². The van der Waals surface area contributed by atoms with Gasteiger partial charge in [0.05, 0.1) is 18.3 Å². The molecule has 0 spiro atoms. The van der Waals surface area contributed by atoms with Crippen LogP contribution in [0.3, 0.4) is 0 Å². The van der Waals surface area contributed by atoms with E-state index in [0.717, 1.165) is 16.8 Å². The van der Waals surface area contributed by atoms with Crippen molar-refractivity contribution in [3.05, 3.63) is 59.4 Å². The van der Waals surface area contributed by atoms with Gasteiger partial charge in [0.2, 0.25) is 12.7 Å². The topological polar surface area (TPSA) is 74.7 Å². The number of halogens is 1. The molecule has 1 saturated heterocycles. The molecule has 172 valence electrons. The minimum absolute atomic E-state index is 0.0527. The van der Waals surface area contributed by atoms with Crippen LogP contribution in [-0.2, 0) is 9.59 Å². The van der Waals surface area contributed by atoms with Crippen molar-refractivity contribution in [2.45, 2.75) is 19.4 Å². The van der Waals surface area contributed by atoms with Crippen molar-refractivity contribution >= 4 is 17.5 Å². The fraction of sp³-hybridized carbons (Fsp3) is 0.375. The second-order valence-electron chi connectivity index (χ2n) is 8.41. The summed E-state index contributed by atoms with van der Waals surface area (Å²) in [7, 11) is 0. The zero-order valence-corrected chi connectivity index (χ0v) is 18.4. The van der Waals surface area contributed by atoms with Crippen LogP contribution < -0.4 is 9.47 Å². The van der Waals surface area contributed by atoms with Crippen LogP contribution in [0.25, 0.3) is 0 Å². The average Bonchev–Trinajstić information content (AvgIpc) is 3.47. The Bertz CT molecular complexity index is 1100. The molecule has 3 aliphatic rings. The smallest absolute Gasteiger partial charge is 0.257 e. The summed E-state index contributed by atoms with van der Waals surface area (Å²) in [5.74, 6) is 0.943. The van der Waals surface area contributed by atoms with Crippen LogP contribution in [0.15, 0.2) is 47.6 Å². The number of hydrogen-bond acceptors (Lipinski definition) is 6. The lowest BCUT2D eigenvalue weighted by atomic mass is 9.98. The van der Waals surface area contributed by atoms with Gasteiger partial charge in [0.25, 0.3) is 5.91 Å². The average molecular weight is 452 g/mol. The first-order chi connectivity index (χ1) is 16.0. The zero-order chi connectivity index (χ0) is 22.9. The third kappa shape index (κ3) is 4.41. The lowest BCUT2D eigenvalue weighted by molar-refractivity contribution is -0.135. The van der Waals surface area contributed by atoms with Gasteiger partial charge in [-0.1, -0.05) is 18.2 Å². The van der Waals surface area contributed by atoms with Gasteiger partial charge in [-0.15, -0.1) is 0 Å². The summed E-state index contributed by atoms with van der Waals surface area (Å²) in [5.41, 5.74) is 2.41. The van der Waals surface area contributed by atoms with Crippen LogP contribution >= 0.6 is 0 Å². The number of ether oxygens (including phenoxy) is 2. The number of nitrogens with zero attached hydrogens (tertiary/aromatic N) is 4. The Kier molecular flexibility index (Phi) is 5.72. The highest BCUT2D eigenvalue weighted by Gasteiger charge is 2.35. The minimum atomic E-state index is -0.317. The molecular formula is C24H25FN4O4. The van der Waals surface area contributed by atoms with E-state index in [0.29, 0.717) is 44.1 Å². The Morgan fingerprint density at radius 2 is 1.76 bits per heavy atom. The van der Waals surface area contributed by atoms with Gasteiger partial charge >= 0.3 is 0 Å². The molecule has 1 unspecified atom stereocenters. The number of hydrogen-bond donors (Lipinski definition) is 0. The number of rotatable bonds is 4. The van der Waals surface area contributed by atoms with Gasteiger partial charge in [-0.05, 0) is 35.4 Å². The summed E-state index contributed by atoms with van der Waals surface area (Å²) in [6.07, 6.45) is 0.509. The molecule has 8 nitrogen and oxygen atoms in total. The number of benzene rings is 2. The van der Waals surface area contributed by atoms with E-state index in [1.54, 1.807) is 24.0 Å². The van der Waals surface area contributed by atoms with Crippen molar-refractivity contribution in [2.75, 3.05) is 39.5 Å². The molecule has 0 N–H and O–H groups in total. The molecule has 0 aromatic heterocycles. The first-order valence-corrected chi connectivity index (χ1v) is 11.0. The molecule has 0 radical (unpaired) electrons. The molecule has 2 amide bonds. The number of fused-ring (bicyclic) bond motifs is 1. The SMILES string of the molecule is CC(=O)N1CCN(CC(=O)N2N=C(c3ccc(F)cc3)CC2c2ccc3c(c2)OCO3)CC1. The standard InChI is InChI=1S/C24H25FN4O4/c1-16(30)28-10-8-27(9-11-28)14-24(31)29-21(18-4-7-22-23(12-18)33-15-32-22)13-20(26-29)17-2-5-19(25)6-3-17/h2-7,12,21H,8-11,13-15H2,1H3. The van der Waals surface area contributed by atoms with Crippen LogP contribution in [0, 0.1) is 5.82 Å². The third-order valence-corrected chi connectivity index (χ3v) is 6.30. The molecule has 0 saturated carbocycles. The van der Waals surface area contributed by atoms with E-state index >= 15 is 0 Å². The largest absolute Gasteiger partial charge is 0.454 e. The van der Waals surface area contributed by atoms with Crippen molar-refractivity contribution in [1.82, 2.24) is 14.8 Å². The molecule has 3 aliphatic heterocycles. The van der Waals surface area contributed by atoms with E-state index in [1.807, 2.05) is 23.1 Å². The fourth-order valence-corrected chi connectivity index (χ4v) is 4.42. The molecule has 5 rings (SSSR count). The van der Waals surface area contributed by atoms with Crippen LogP contribution in [0.2, 0.25) is 0 Å². The van der Waals surface area contributed by atoms with Crippen molar-refractivity contribution in [2.24, 2.45) is 5.10 Å². The third-order valence-electron chi connectivity index (χ3n) is 6.30. The Labute approximate surface area is 191 Å². The van der Waals surface area contributed by atoms with Crippen LogP contribution in [0.4, 0.5) is 4.39 Å². The first kappa shape index (κ1) is 21.4. The monoisotopic (exact) mass is 452 g/mol. The predicted molar refractivity (Wildman–Crippen MR) is 118 cm³/mol. The summed E-state index contributed by atoms with van der Waals surface area (Å²) in [4.78, 5) is 28.8. The van der Waals surface area contributed by atoms with Crippen molar-refractivity contribution in [3.63, 3.8) is 0 Å². The summed E-state index contributed by atoms with van der Waals surface area (Å²) < 4.78 is 24.4. The second kappa shape index (κ2) is 8.82. The molecule has 0 bridgehead atoms. The van der Waals surface area contributed by atoms with E-state index in [9.17, 15) is 14.0 Å². The molecule has 1 atom stereocenters. The van der Waals surface area contributed by atoms with Gasteiger partial charge in [-0.2, -0.15) is 5.10 Å². The highest BCUT2D eigenvalue weighted by Crippen LogP contribution is 2.39. The lowest BCUT2D eigenvalue weighted by Gasteiger charge is -2.34. The number of amides is 2. The normalized spacial score (nSPS) is 20.2. The van der Waals surface area contributed by atoms with Gasteiger partial charge in [-0.3, -0.25) is 14.5 Å². The quantitative estimate of drug-likeness (QED) is 0.712. The molecule has 33 heavy (non-hydrogen) atoms. The maximum atomic E-state index is 13.4. The Morgan fingerprint density at radius 3 is 2.48 bits per heavy atom. The summed E-state index contributed by atoms with van der Waals surface area (Å²) in [6, 6.07) is 11.5. The van der Waals surface area contributed by atoms with Gasteiger partial charge in [0, 0.05) is 39.5 Å². The Balaban J connectivity index is 1.37. The van der Waals surface area contributed by atoms with Crippen LogP contribution in [0.5, 0.6) is 11.5 Å². The molecule has 0 aliphatic carbocycles. The van der Waals surface area contributed by atoms with Crippen molar-refractivity contribution < 1.29 is 23.5 Å². The first-order valence-electron chi connectivity index (χ1n) is 11.0. The summed E-state index contributed by atoms with van der Waals surface area (Å²) in [6.45, 7) is 4.46. The van der Waals surface area contributed by atoms with Gasteiger partial charge in [0.1, 0.15) is 5.82 Å².